The van der Waals surface area contributed by atoms with E-state index < -0.39 is 0 Å². The third kappa shape index (κ3) is 12.1. The van der Waals surface area contributed by atoms with Gasteiger partial charge in [-0.15, -0.1) is 0 Å². The molecule has 3 nitrogen and oxygen atoms in total. The predicted molar refractivity (Wildman–Crippen MR) is 76.2 cm³/mol. The second-order valence-electron chi connectivity index (χ2n) is 3.87. The van der Waals surface area contributed by atoms with E-state index >= 15 is 0 Å². The normalized spacial score (nSPS) is 10.1. The molecule has 0 aromatic heterocycles. The molecule has 0 heterocycles. The van der Waals surface area contributed by atoms with Crippen molar-refractivity contribution >= 4 is 28.7 Å². The Morgan fingerprint density at radius 1 is 1.12 bits per heavy atom. The van der Waals surface area contributed by atoms with Crippen LogP contribution in [0, 0.1) is 0 Å². The van der Waals surface area contributed by atoms with E-state index in [9.17, 15) is 4.79 Å². The summed E-state index contributed by atoms with van der Waals surface area (Å²) in [5.41, 5.74) is 0. The average Bonchev–Trinajstić information content (AvgIpc) is 2.28. The van der Waals surface area contributed by atoms with Crippen LogP contribution in [0.4, 0.5) is 4.79 Å². The van der Waals surface area contributed by atoms with Gasteiger partial charge in [-0.1, -0.05) is 55.2 Å². The summed E-state index contributed by atoms with van der Waals surface area (Å²) >= 11 is 2.41. The molecule has 0 spiro atoms. The minimum Gasteiger partial charge on any atom is -0.450 e. The molecule has 1 amide bonds. The molecular formula is C12H24INO2. The van der Waals surface area contributed by atoms with Crippen LogP contribution in [-0.2, 0) is 4.74 Å². The molecule has 0 bridgehead atoms. The SMILES string of the molecule is CCCCOC(=O)NCCCCCCCI. The summed E-state index contributed by atoms with van der Waals surface area (Å²) in [5, 5.41) is 2.77. The molecule has 0 aromatic rings. The quantitative estimate of drug-likeness (QED) is 0.372. The molecule has 0 aliphatic heterocycles. The third-order valence-corrected chi connectivity index (χ3v) is 3.07. The molecule has 0 saturated carbocycles. The molecule has 0 saturated heterocycles. The Kier molecular flexibility index (Phi) is 13.1. The summed E-state index contributed by atoms with van der Waals surface area (Å²) in [6.07, 6.45) is 7.90. The second-order valence-corrected chi connectivity index (χ2v) is 4.95. The molecule has 1 N–H and O–H groups in total. The molecule has 0 radical (unpaired) electrons. The van der Waals surface area contributed by atoms with E-state index in [4.69, 9.17) is 4.74 Å². The smallest absolute Gasteiger partial charge is 0.407 e. The highest BCUT2D eigenvalue weighted by Gasteiger charge is 1.99. The van der Waals surface area contributed by atoms with Crippen LogP contribution in [0.3, 0.4) is 0 Å². The Morgan fingerprint density at radius 3 is 2.50 bits per heavy atom. The molecule has 96 valence electrons. The predicted octanol–water partition coefficient (Wildman–Crippen LogP) is 3.90. The number of hydrogen-bond donors (Lipinski definition) is 1. The van der Waals surface area contributed by atoms with Crippen molar-refractivity contribution in [3.05, 3.63) is 0 Å². The van der Waals surface area contributed by atoms with Gasteiger partial charge in [-0.3, -0.25) is 0 Å². The molecule has 16 heavy (non-hydrogen) atoms. The molecule has 0 unspecified atom stereocenters. The van der Waals surface area contributed by atoms with Crippen LogP contribution < -0.4 is 5.32 Å². The van der Waals surface area contributed by atoms with Crippen LogP contribution in [0.15, 0.2) is 0 Å². The van der Waals surface area contributed by atoms with Crippen molar-refractivity contribution in [3.8, 4) is 0 Å². The van der Waals surface area contributed by atoms with Crippen LogP contribution in [0.5, 0.6) is 0 Å². The first kappa shape index (κ1) is 16.0. The van der Waals surface area contributed by atoms with Crippen molar-refractivity contribution in [2.75, 3.05) is 17.6 Å². The molecule has 0 fully saturated rings. The number of alkyl carbamates (subject to hydrolysis) is 1. The highest BCUT2D eigenvalue weighted by molar-refractivity contribution is 14.1. The van der Waals surface area contributed by atoms with Crippen LogP contribution in [0.1, 0.15) is 51.9 Å². The van der Waals surface area contributed by atoms with Crippen LogP contribution in [0.2, 0.25) is 0 Å². The Labute approximate surface area is 113 Å². The Hall–Kier alpha value is 0. The zero-order chi connectivity index (χ0) is 12.1. The Balaban J connectivity index is 3.09. The van der Waals surface area contributed by atoms with Crippen LogP contribution in [-0.4, -0.2) is 23.7 Å². The number of ether oxygens (including phenoxy) is 1. The largest absolute Gasteiger partial charge is 0.450 e. The van der Waals surface area contributed by atoms with E-state index in [-0.39, 0.29) is 6.09 Å². The number of unbranched alkanes of at least 4 members (excludes halogenated alkanes) is 5. The number of rotatable bonds is 10. The van der Waals surface area contributed by atoms with E-state index in [1.54, 1.807) is 0 Å². The van der Waals surface area contributed by atoms with Crippen LogP contribution in [0.25, 0.3) is 0 Å². The highest BCUT2D eigenvalue weighted by Crippen LogP contribution is 2.04. The lowest BCUT2D eigenvalue weighted by atomic mass is 10.1. The van der Waals surface area contributed by atoms with Gasteiger partial charge in [-0.25, -0.2) is 4.79 Å². The number of amides is 1. The van der Waals surface area contributed by atoms with Crippen molar-refractivity contribution in [3.63, 3.8) is 0 Å². The molecule has 0 aliphatic rings. The van der Waals surface area contributed by atoms with Crippen molar-refractivity contribution < 1.29 is 9.53 Å². The Morgan fingerprint density at radius 2 is 1.81 bits per heavy atom. The summed E-state index contributed by atoms with van der Waals surface area (Å²) in [5.74, 6) is 0. The molecule has 4 heteroatoms. The van der Waals surface area contributed by atoms with Gasteiger partial charge in [0.2, 0.25) is 0 Å². The molecule has 0 atom stereocenters. The fraction of sp³-hybridized carbons (Fsp3) is 0.917. The number of alkyl halides is 1. The first-order valence-corrected chi connectivity index (χ1v) is 7.80. The molecule has 0 aliphatic carbocycles. The maximum absolute atomic E-state index is 11.1. The van der Waals surface area contributed by atoms with Crippen molar-refractivity contribution in [1.29, 1.82) is 0 Å². The number of hydrogen-bond acceptors (Lipinski definition) is 2. The maximum atomic E-state index is 11.1. The minimum absolute atomic E-state index is 0.263. The summed E-state index contributed by atoms with van der Waals surface area (Å²) in [6, 6.07) is 0. The van der Waals surface area contributed by atoms with E-state index in [0.717, 1.165) is 25.8 Å². The third-order valence-electron chi connectivity index (χ3n) is 2.31. The van der Waals surface area contributed by atoms with Gasteiger partial charge in [-0.2, -0.15) is 0 Å². The van der Waals surface area contributed by atoms with E-state index in [1.807, 2.05) is 0 Å². The first-order chi connectivity index (χ1) is 7.81. The van der Waals surface area contributed by atoms with E-state index in [1.165, 1.54) is 30.1 Å². The zero-order valence-corrected chi connectivity index (χ0v) is 12.4. The summed E-state index contributed by atoms with van der Waals surface area (Å²) in [6.45, 7) is 3.37. The maximum Gasteiger partial charge on any atom is 0.407 e. The van der Waals surface area contributed by atoms with Crippen LogP contribution >= 0.6 is 22.6 Å². The number of nitrogens with one attached hydrogen (secondary N) is 1. The van der Waals surface area contributed by atoms with Gasteiger partial charge in [0.1, 0.15) is 0 Å². The lowest BCUT2D eigenvalue weighted by Gasteiger charge is -2.06. The monoisotopic (exact) mass is 341 g/mol. The summed E-state index contributed by atoms with van der Waals surface area (Å²) in [7, 11) is 0. The minimum atomic E-state index is -0.263. The van der Waals surface area contributed by atoms with Gasteiger partial charge in [-0.05, 0) is 23.7 Å². The lowest BCUT2D eigenvalue weighted by Crippen LogP contribution is -2.25. The number of carbonyl (C=O) groups excluding carboxylic acids is 1. The van der Waals surface area contributed by atoms with E-state index in [0.29, 0.717) is 6.61 Å². The standard InChI is InChI=1S/C12H24INO2/c1-2-3-11-16-12(15)14-10-8-6-4-5-7-9-13/h2-11H2,1H3,(H,14,15). The zero-order valence-electron chi connectivity index (χ0n) is 10.3. The molecular weight excluding hydrogens is 317 g/mol. The summed E-state index contributed by atoms with van der Waals surface area (Å²) < 4.78 is 6.23. The van der Waals surface area contributed by atoms with Gasteiger partial charge in [0, 0.05) is 6.54 Å². The van der Waals surface area contributed by atoms with E-state index in [2.05, 4.69) is 34.8 Å². The molecule has 0 aromatic carbocycles. The fourth-order valence-electron chi connectivity index (χ4n) is 1.30. The van der Waals surface area contributed by atoms with Crippen molar-refractivity contribution in [2.45, 2.75) is 51.9 Å². The van der Waals surface area contributed by atoms with Gasteiger partial charge < -0.3 is 10.1 Å². The van der Waals surface area contributed by atoms with Gasteiger partial charge in [0.15, 0.2) is 0 Å². The van der Waals surface area contributed by atoms with Gasteiger partial charge >= 0.3 is 6.09 Å². The van der Waals surface area contributed by atoms with Gasteiger partial charge in [0.05, 0.1) is 6.61 Å². The topological polar surface area (TPSA) is 38.3 Å². The molecule has 0 rings (SSSR count). The highest BCUT2D eigenvalue weighted by atomic mass is 127. The fourth-order valence-corrected chi connectivity index (χ4v) is 1.84. The Bertz CT molecular complexity index is 165. The van der Waals surface area contributed by atoms with Crippen molar-refractivity contribution in [1.82, 2.24) is 5.32 Å². The second kappa shape index (κ2) is 13.1. The number of halogens is 1. The summed E-state index contributed by atoms with van der Waals surface area (Å²) in [4.78, 5) is 11.1. The number of carbonyl (C=O) groups is 1. The van der Waals surface area contributed by atoms with Gasteiger partial charge in [0.25, 0.3) is 0 Å². The lowest BCUT2D eigenvalue weighted by molar-refractivity contribution is 0.144. The van der Waals surface area contributed by atoms with Crippen molar-refractivity contribution in [2.24, 2.45) is 0 Å². The average molecular weight is 341 g/mol. The first-order valence-electron chi connectivity index (χ1n) is 6.27.